The van der Waals surface area contributed by atoms with E-state index in [1.165, 1.54) is 44.3 Å². The van der Waals surface area contributed by atoms with Gasteiger partial charge in [0.15, 0.2) is 0 Å². The van der Waals surface area contributed by atoms with Crippen molar-refractivity contribution in [1.82, 2.24) is 10.2 Å². The van der Waals surface area contributed by atoms with Crippen LogP contribution in [0, 0.1) is 0 Å². The van der Waals surface area contributed by atoms with Gasteiger partial charge in [0.25, 0.3) is 0 Å². The van der Waals surface area contributed by atoms with Gasteiger partial charge < -0.3 is 11.1 Å². The molecule has 1 heterocycles. The van der Waals surface area contributed by atoms with Crippen LogP contribution in [0.2, 0.25) is 0 Å². The predicted octanol–water partition coefficient (Wildman–Crippen LogP) is 2.48. The number of hydrogen-bond acceptors (Lipinski definition) is 3. The van der Waals surface area contributed by atoms with Gasteiger partial charge in [-0.2, -0.15) is 0 Å². The lowest BCUT2D eigenvalue weighted by molar-refractivity contribution is -0.119. The van der Waals surface area contributed by atoms with Gasteiger partial charge in [-0.3, -0.25) is 9.69 Å². The molecule has 3 N–H and O–H groups in total. The number of amides is 1. The molecule has 22 heavy (non-hydrogen) atoms. The Morgan fingerprint density at radius 2 is 1.73 bits per heavy atom. The molecule has 2 rings (SSSR count). The highest BCUT2D eigenvalue weighted by atomic mass is 35.5. The monoisotopic (exact) mass is 347 g/mol. The van der Waals surface area contributed by atoms with Crippen molar-refractivity contribution < 1.29 is 4.79 Å². The third-order valence-corrected chi connectivity index (χ3v) is 3.77. The number of halogens is 2. The quantitative estimate of drug-likeness (QED) is 0.860. The Kier molecular flexibility index (Phi) is 11.3. The molecule has 0 saturated carbocycles. The van der Waals surface area contributed by atoms with Gasteiger partial charge in [-0.25, -0.2) is 0 Å². The van der Waals surface area contributed by atoms with Gasteiger partial charge in [-0.15, -0.1) is 24.8 Å². The fourth-order valence-corrected chi connectivity index (χ4v) is 2.66. The van der Waals surface area contributed by atoms with Crippen molar-refractivity contribution in [3.05, 3.63) is 35.4 Å². The first-order valence-corrected chi connectivity index (χ1v) is 7.55. The van der Waals surface area contributed by atoms with E-state index in [2.05, 4.69) is 28.4 Å². The number of nitrogens with zero attached hydrogens (tertiary/aromatic N) is 1. The average Bonchev–Trinajstić information content (AvgIpc) is 2.74. The molecule has 0 aromatic heterocycles. The van der Waals surface area contributed by atoms with Crippen LogP contribution >= 0.6 is 24.8 Å². The molecule has 1 amide bonds. The van der Waals surface area contributed by atoms with Crippen LogP contribution in [-0.4, -0.2) is 30.4 Å². The Hall–Kier alpha value is -0.810. The van der Waals surface area contributed by atoms with E-state index in [1.54, 1.807) is 0 Å². The summed E-state index contributed by atoms with van der Waals surface area (Å²) < 4.78 is 0. The Morgan fingerprint density at radius 3 is 2.36 bits per heavy atom. The summed E-state index contributed by atoms with van der Waals surface area (Å²) in [6.07, 6.45) is 5.35. The zero-order chi connectivity index (χ0) is 14.2. The minimum Gasteiger partial charge on any atom is -0.351 e. The lowest BCUT2D eigenvalue weighted by atomic mass is 10.1. The number of rotatable bonds is 5. The molecule has 1 aromatic rings. The highest BCUT2D eigenvalue weighted by molar-refractivity contribution is 5.85. The molecule has 0 spiro atoms. The Bertz CT molecular complexity index is 435. The SMILES string of the molecule is Cl.Cl.NCC(=O)NCc1cccc(CN2CCCCCC2)c1. The fourth-order valence-electron chi connectivity index (χ4n) is 2.66. The van der Waals surface area contributed by atoms with Crippen molar-refractivity contribution in [2.45, 2.75) is 38.8 Å². The zero-order valence-corrected chi connectivity index (χ0v) is 14.6. The lowest BCUT2D eigenvalue weighted by Crippen LogP contribution is -2.29. The normalized spacial score (nSPS) is 15.1. The first kappa shape index (κ1) is 21.2. The number of nitrogens with one attached hydrogen (secondary N) is 1. The average molecular weight is 348 g/mol. The second-order valence-corrected chi connectivity index (χ2v) is 5.49. The summed E-state index contributed by atoms with van der Waals surface area (Å²) in [6, 6.07) is 8.46. The topological polar surface area (TPSA) is 58.4 Å². The van der Waals surface area contributed by atoms with Crippen molar-refractivity contribution >= 4 is 30.7 Å². The molecule has 1 fully saturated rings. The minimum atomic E-state index is -0.108. The van der Waals surface area contributed by atoms with Crippen molar-refractivity contribution in [1.29, 1.82) is 0 Å². The van der Waals surface area contributed by atoms with Crippen LogP contribution in [0.4, 0.5) is 0 Å². The molecule has 0 atom stereocenters. The number of carbonyl (C=O) groups is 1. The van der Waals surface area contributed by atoms with Crippen LogP contribution in [0.3, 0.4) is 0 Å². The largest absolute Gasteiger partial charge is 0.351 e. The molecule has 1 aromatic carbocycles. The molecule has 1 saturated heterocycles. The summed E-state index contributed by atoms with van der Waals surface area (Å²) >= 11 is 0. The molecule has 0 radical (unpaired) electrons. The molecule has 6 heteroatoms. The fraction of sp³-hybridized carbons (Fsp3) is 0.562. The Morgan fingerprint density at radius 1 is 1.09 bits per heavy atom. The number of carbonyl (C=O) groups excluding carboxylic acids is 1. The zero-order valence-electron chi connectivity index (χ0n) is 12.9. The van der Waals surface area contributed by atoms with Crippen LogP contribution in [-0.2, 0) is 17.9 Å². The van der Waals surface area contributed by atoms with Crippen molar-refractivity contribution in [2.24, 2.45) is 5.73 Å². The van der Waals surface area contributed by atoms with Gasteiger partial charge in [-0.05, 0) is 37.1 Å². The molecular formula is C16H27Cl2N3O. The molecule has 0 unspecified atom stereocenters. The second-order valence-electron chi connectivity index (χ2n) is 5.49. The van der Waals surface area contributed by atoms with Gasteiger partial charge >= 0.3 is 0 Å². The van der Waals surface area contributed by atoms with Gasteiger partial charge in [0.05, 0.1) is 6.54 Å². The van der Waals surface area contributed by atoms with Gasteiger partial charge in [0, 0.05) is 13.1 Å². The molecular weight excluding hydrogens is 321 g/mol. The summed E-state index contributed by atoms with van der Waals surface area (Å²) in [5, 5.41) is 2.81. The van der Waals surface area contributed by atoms with Crippen LogP contribution < -0.4 is 11.1 Å². The van der Waals surface area contributed by atoms with E-state index in [0.29, 0.717) is 6.54 Å². The highest BCUT2D eigenvalue weighted by Gasteiger charge is 2.09. The Labute approximate surface area is 145 Å². The maximum Gasteiger partial charge on any atom is 0.234 e. The number of hydrogen-bond donors (Lipinski definition) is 2. The van der Waals surface area contributed by atoms with Crippen molar-refractivity contribution in [2.75, 3.05) is 19.6 Å². The summed E-state index contributed by atoms with van der Waals surface area (Å²) in [5.74, 6) is -0.108. The summed E-state index contributed by atoms with van der Waals surface area (Å²) in [5.41, 5.74) is 7.75. The maximum atomic E-state index is 11.2. The summed E-state index contributed by atoms with van der Waals surface area (Å²) in [4.78, 5) is 13.7. The van der Waals surface area contributed by atoms with Gasteiger partial charge in [-0.1, -0.05) is 37.1 Å². The van der Waals surface area contributed by atoms with E-state index in [1.807, 2.05) is 6.07 Å². The van der Waals surface area contributed by atoms with Crippen molar-refractivity contribution in [3.8, 4) is 0 Å². The van der Waals surface area contributed by atoms with Crippen LogP contribution in [0.1, 0.15) is 36.8 Å². The van der Waals surface area contributed by atoms with E-state index in [0.717, 1.165) is 12.1 Å². The number of likely N-dealkylation sites (tertiary alicyclic amines) is 1. The third-order valence-electron chi connectivity index (χ3n) is 3.77. The van der Waals surface area contributed by atoms with E-state index < -0.39 is 0 Å². The van der Waals surface area contributed by atoms with Crippen LogP contribution in [0.25, 0.3) is 0 Å². The first-order chi connectivity index (χ1) is 9.78. The van der Waals surface area contributed by atoms with E-state index >= 15 is 0 Å². The van der Waals surface area contributed by atoms with E-state index in [-0.39, 0.29) is 37.3 Å². The lowest BCUT2D eigenvalue weighted by Gasteiger charge is -2.20. The second kappa shape index (κ2) is 11.7. The summed E-state index contributed by atoms with van der Waals surface area (Å²) in [6.45, 7) is 4.03. The number of nitrogens with two attached hydrogens (primary N) is 1. The maximum absolute atomic E-state index is 11.2. The first-order valence-electron chi connectivity index (χ1n) is 7.55. The molecule has 0 aliphatic carbocycles. The van der Waals surface area contributed by atoms with Crippen molar-refractivity contribution in [3.63, 3.8) is 0 Å². The minimum absolute atomic E-state index is 0. The molecule has 1 aliphatic heterocycles. The molecule has 0 bridgehead atoms. The standard InChI is InChI=1S/C16H25N3O.2ClH/c17-11-16(20)18-12-14-6-5-7-15(10-14)13-19-8-3-1-2-4-9-19;;/h5-7,10H,1-4,8-9,11-13,17H2,(H,18,20);2*1H. The molecule has 126 valence electrons. The van der Waals surface area contributed by atoms with Gasteiger partial charge in [0.2, 0.25) is 5.91 Å². The van der Waals surface area contributed by atoms with Gasteiger partial charge in [0.1, 0.15) is 0 Å². The number of benzene rings is 1. The van der Waals surface area contributed by atoms with Crippen LogP contribution in [0.15, 0.2) is 24.3 Å². The smallest absolute Gasteiger partial charge is 0.234 e. The highest BCUT2D eigenvalue weighted by Crippen LogP contribution is 2.14. The predicted molar refractivity (Wildman–Crippen MR) is 95.6 cm³/mol. The molecule has 1 aliphatic rings. The Balaban J connectivity index is 0.00000220. The van der Waals surface area contributed by atoms with E-state index in [4.69, 9.17) is 5.73 Å². The molecule has 4 nitrogen and oxygen atoms in total. The van der Waals surface area contributed by atoms with Crippen LogP contribution in [0.5, 0.6) is 0 Å². The summed E-state index contributed by atoms with van der Waals surface area (Å²) in [7, 11) is 0. The third kappa shape index (κ3) is 7.45. The van der Waals surface area contributed by atoms with E-state index in [9.17, 15) is 4.79 Å².